The molecule has 0 rings (SSSR count). The molecule has 0 radical (unpaired) electrons. The average molecular weight is 299 g/mol. The van der Waals surface area contributed by atoms with Crippen molar-refractivity contribution in [3.8, 4) is 0 Å². The van der Waals surface area contributed by atoms with Gasteiger partial charge in [-0.3, -0.25) is 0 Å². The fourth-order valence-electron chi connectivity index (χ4n) is 2.86. The van der Waals surface area contributed by atoms with Crippen molar-refractivity contribution in [2.45, 2.75) is 98.3 Å². The highest BCUT2D eigenvalue weighted by molar-refractivity contribution is 4.60. The second-order valence-electron chi connectivity index (χ2n) is 6.38. The second kappa shape index (κ2) is 16.3. The normalized spacial score (nSPS) is 11.7. The summed E-state index contributed by atoms with van der Waals surface area (Å²) in [4.78, 5) is 0. The SMILES string of the molecule is CCCCCCN(CCC)N(CCCCC)CCCCC. The summed E-state index contributed by atoms with van der Waals surface area (Å²) in [6.07, 6.45) is 14.9. The minimum atomic E-state index is 1.24. The third-order valence-corrected chi connectivity index (χ3v) is 4.19. The Bertz CT molecular complexity index is 184. The highest BCUT2D eigenvalue weighted by Gasteiger charge is 2.13. The summed E-state index contributed by atoms with van der Waals surface area (Å²) in [6, 6.07) is 0. The lowest BCUT2D eigenvalue weighted by Gasteiger charge is -2.35. The van der Waals surface area contributed by atoms with Gasteiger partial charge in [0.1, 0.15) is 0 Å². The Morgan fingerprint density at radius 1 is 0.381 bits per heavy atom. The van der Waals surface area contributed by atoms with Gasteiger partial charge in [-0.05, 0) is 25.7 Å². The van der Waals surface area contributed by atoms with Gasteiger partial charge in [-0.1, -0.05) is 72.6 Å². The summed E-state index contributed by atoms with van der Waals surface area (Å²) in [5.74, 6) is 0. The van der Waals surface area contributed by atoms with E-state index in [0.717, 1.165) is 0 Å². The van der Waals surface area contributed by atoms with Gasteiger partial charge >= 0.3 is 0 Å². The topological polar surface area (TPSA) is 6.48 Å². The van der Waals surface area contributed by atoms with E-state index in [1.54, 1.807) is 0 Å². The lowest BCUT2D eigenvalue weighted by molar-refractivity contribution is -0.0293. The van der Waals surface area contributed by atoms with Crippen LogP contribution in [0.5, 0.6) is 0 Å². The first-order valence-electron chi connectivity index (χ1n) is 9.79. The van der Waals surface area contributed by atoms with Crippen molar-refractivity contribution in [1.29, 1.82) is 0 Å². The molecule has 21 heavy (non-hydrogen) atoms. The van der Waals surface area contributed by atoms with Crippen LogP contribution in [0.2, 0.25) is 0 Å². The number of nitrogens with zero attached hydrogens (tertiary/aromatic N) is 2. The maximum atomic E-state index is 2.68. The maximum absolute atomic E-state index is 2.68. The minimum Gasteiger partial charge on any atom is -0.242 e. The van der Waals surface area contributed by atoms with Crippen LogP contribution in [0, 0.1) is 0 Å². The van der Waals surface area contributed by atoms with Crippen molar-refractivity contribution in [2.24, 2.45) is 0 Å². The predicted molar refractivity (Wildman–Crippen MR) is 96.6 cm³/mol. The largest absolute Gasteiger partial charge is 0.242 e. The Hall–Kier alpha value is -0.0800. The van der Waals surface area contributed by atoms with Crippen LogP contribution in [-0.4, -0.2) is 36.2 Å². The van der Waals surface area contributed by atoms with Crippen molar-refractivity contribution in [3.63, 3.8) is 0 Å². The molecule has 128 valence electrons. The van der Waals surface area contributed by atoms with Gasteiger partial charge < -0.3 is 0 Å². The molecule has 0 atom stereocenters. The molecule has 0 heterocycles. The monoisotopic (exact) mass is 298 g/mol. The van der Waals surface area contributed by atoms with Crippen molar-refractivity contribution in [2.75, 3.05) is 26.2 Å². The second-order valence-corrected chi connectivity index (χ2v) is 6.38. The van der Waals surface area contributed by atoms with Gasteiger partial charge in [0.2, 0.25) is 0 Å². The first-order valence-corrected chi connectivity index (χ1v) is 9.79. The Morgan fingerprint density at radius 2 is 0.762 bits per heavy atom. The third-order valence-electron chi connectivity index (χ3n) is 4.19. The summed E-state index contributed by atoms with van der Waals surface area (Å²) < 4.78 is 0. The number of unbranched alkanes of at least 4 members (excludes halogenated alkanes) is 7. The molecule has 0 unspecified atom stereocenters. The Kier molecular flexibility index (Phi) is 16.2. The fourth-order valence-corrected chi connectivity index (χ4v) is 2.86. The molecule has 0 fully saturated rings. The van der Waals surface area contributed by atoms with Gasteiger partial charge in [-0.15, -0.1) is 0 Å². The van der Waals surface area contributed by atoms with E-state index in [1.165, 1.54) is 96.8 Å². The summed E-state index contributed by atoms with van der Waals surface area (Å²) >= 11 is 0. The van der Waals surface area contributed by atoms with E-state index in [-0.39, 0.29) is 0 Å². The van der Waals surface area contributed by atoms with E-state index in [4.69, 9.17) is 0 Å². The van der Waals surface area contributed by atoms with E-state index in [0.29, 0.717) is 0 Å². The van der Waals surface area contributed by atoms with Gasteiger partial charge in [-0.2, -0.15) is 0 Å². The molecule has 0 aromatic rings. The molecular formula is C19H42N2. The molecule has 0 saturated carbocycles. The molecular weight excluding hydrogens is 256 g/mol. The van der Waals surface area contributed by atoms with Gasteiger partial charge in [-0.25, -0.2) is 10.0 Å². The fraction of sp³-hybridized carbons (Fsp3) is 1.00. The van der Waals surface area contributed by atoms with E-state index >= 15 is 0 Å². The number of hydrazine groups is 1. The minimum absolute atomic E-state index is 1.24. The smallest absolute Gasteiger partial charge is 0.0133 e. The third kappa shape index (κ3) is 12.2. The molecule has 2 nitrogen and oxygen atoms in total. The molecule has 0 aliphatic rings. The predicted octanol–water partition coefficient (Wildman–Crippen LogP) is 5.88. The molecule has 2 heteroatoms. The van der Waals surface area contributed by atoms with Crippen LogP contribution >= 0.6 is 0 Å². The molecule has 0 aromatic heterocycles. The van der Waals surface area contributed by atoms with Gasteiger partial charge in [0.15, 0.2) is 0 Å². The average Bonchev–Trinajstić information content (AvgIpc) is 2.49. The lowest BCUT2D eigenvalue weighted by Crippen LogP contribution is -2.44. The van der Waals surface area contributed by atoms with Gasteiger partial charge in [0.05, 0.1) is 0 Å². The first-order chi connectivity index (χ1) is 10.3. The van der Waals surface area contributed by atoms with Gasteiger partial charge in [0, 0.05) is 26.2 Å². The van der Waals surface area contributed by atoms with Crippen LogP contribution in [-0.2, 0) is 0 Å². The molecule has 0 aliphatic heterocycles. The number of hydrogen-bond acceptors (Lipinski definition) is 2. The Labute approximate surface area is 135 Å². The zero-order chi connectivity index (χ0) is 15.8. The molecule has 0 spiro atoms. The summed E-state index contributed by atoms with van der Waals surface area (Å²) in [5.41, 5.74) is 0. The Balaban J connectivity index is 4.27. The number of rotatable bonds is 16. The lowest BCUT2D eigenvalue weighted by atomic mass is 10.2. The van der Waals surface area contributed by atoms with E-state index in [2.05, 4.69) is 37.7 Å². The molecule has 0 saturated heterocycles. The van der Waals surface area contributed by atoms with E-state index in [9.17, 15) is 0 Å². The first kappa shape index (κ1) is 20.9. The van der Waals surface area contributed by atoms with Crippen LogP contribution < -0.4 is 0 Å². The van der Waals surface area contributed by atoms with E-state index < -0.39 is 0 Å². The molecule has 0 amide bonds. The molecule has 0 aromatic carbocycles. The van der Waals surface area contributed by atoms with Crippen LogP contribution in [0.4, 0.5) is 0 Å². The van der Waals surface area contributed by atoms with E-state index in [1.807, 2.05) is 0 Å². The quantitative estimate of drug-likeness (QED) is 0.259. The number of hydrogen-bond donors (Lipinski definition) is 0. The van der Waals surface area contributed by atoms with Crippen LogP contribution in [0.25, 0.3) is 0 Å². The summed E-state index contributed by atoms with van der Waals surface area (Å²) in [5, 5.41) is 5.35. The van der Waals surface area contributed by atoms with Crippen molar-refractivity contribution in [3.05, 3.63) is 0 Å². The standard InChI is InChI=1S/C19H42N2/c1-5-9-12-15-19-20(16-8-4)21(17-13-10-6-2)18-14-11-7-3/h5-19H2,1-4H3. The zero-order valence-corrected chi connectivity index (χ0v) is 15.5. The molecule has 0 bridgehead atoms. The summed E-state index contributed by atoms with van der Waals surface area (Å²) in [6.45, 7) is 14.3. The van der Waals surface area contributed by atoms with Crippen molar-refractivity contribution in [1.82, 2.24) is 10.0 Å². The van der Waals surface area contributed by atoms with Gasteiger partial charge in [0.25, 0.3) is 0 Å². The zero-order valence-electron chi connectivity index (χ0n) is 15.5. The van der Waals surface area contributed by atoms with Crippen LogP contribution in [0.3, 0.4) is 0 Å². The maximum Gasteiger partial charge on any atom is 0.0133 e. The molecule has 0 aliphatic carbocycles. The highest BCUT2D eigenvalue weighted by atomic mass is 15.6. The van der Waals surface area contributed by atoms with Crippen LogP contribution in [0.1, 0.15) is 98.3 Å². The summed E-state index contributed by atoms with van der Waals surface area (Å²) in [7, 11) is 0. The Morgan fingerprint density at radius 3 is 1.19 bits per heavy atom. The van der Waals surface area contributed by atoms with Crippen LogP contribution in [0.15, 0.2) is 0 Å². The van der Waals surface area contributed by atoms with Crippen molar-refractivity contribution >= 4 is 0 Å². The molecule has 0 N–H and O–H groups in total. The highest BCUT2D eigenvalue weighted by Crippen LogP contribution is 2.10. The van der Waals surface area contributed by atoms with Crippen molar-refractivity contribution < 1.29 is 0 Å².